The van der Waals surface area contributed by atoms with Gasteiger partial charge >= 0.3 is 0 Å². The number of hydrogen-bond acceptors (Lipinski definition) is 11. The first-order valence-electron chi connectivity index (χ1n) is 9.72. The molecule has 0 unspecified atom stereocenters. The van der Waals surface area contributed by atoms with Crippen LogP contribution >= 0.6 is 0 Å². The Morgan fingerprint density at radius 1 is 0.871 bits per heavy atom. The molecule has 0 saturated carbocycles. The maximum Gasteiger partial charge on any atom is 0.251 e. The van der Waals surface area contributed by atoms with E-state index in [1.54, 1.807) is 18.2 Å². The number of carbonyl (C=O) groups excluding carboxylic acids is 1. The van der Waals surface area contributed by atoms with Crippen LogP contribution in [0.1, 0.15) is 10.4 Å². The summed E-state index contributed by atoms with van der Waals surface area (Å²) < 4.78 is 15.9. The van der Waals surface area contributed by atoms with Crippen LogP contribution in [-0.2, 0) is 14.2 Å². The van der Waals surface area contributed by atoms with E-state index in [0.29, 0.717) is 0 Å². The van der Waals surface area contributed by atoms with E-state index in [2.05, 4.69) is 5.32 Å². The maximum atomic E-state index is 12.5. The molecule has 174 valence electrons. The number of benzene rings is 1. The second kappa shape index (κ2) is 10.3. The van der Waals surface area contributed by atoms with Gasteiger partial charge in [-0.25, -0.2) is 0 Å². The molecule has 2 aliphatic heterocycles. The fraction of sp³-hybridized carbons (Fsp3) is 0.632. The van der Waals surface area contributed by atoms with E-state index in [0.717, 1.165) is 0 Å². The van der Waals surface area contributed by atoms with Gasteiger partial charge in [-0.15, -0.1) is 0 Å². The van der Waals surface area contributed by atoms with Gasteiger partial charge < -0.3 is 55.3 Å². The van der Waals surface area contributed by atoms with Crippen LogP contribution in [0.4, 0.5) is 0 Å². The number of aliphatic hydroxyl groups is 7. The molecule has 31 heavy (non-hydrogen) atoms. The van der Waals surface area contributed by atoms with E-state index in [4.69, 9.17) is 14.2 Å². The van der Waals surface area contributed by atoms with E-state index < -0.39 is 80.5 Å². The van der Waals surface area contributed by atoms with Gasteiger partial charge in [0.15, 0.2) is 12.6 Å². The minimum absolute atomic E-state index is 0.264. The van der Waals surface area contributed by atoms with Gasteiger partial charge in [0.25, 0.3) is 5.91 Å². The van der Waals surface area contributed by atoms with E-state index in [1.807, 2.05) is 0 Å². The molecule has 12 heteroatoms. The Morgan fingerprint density at radius 3 is 2.13 bits per heavy atom. The monoisotopic (exact) mass is 445 g/mol. The van der Waals surface area contributed by atoms with Gasteiger partial charge in [0, 0.05) is 5.56 Å². The fourth-order valence-electron chi connectivity index (χ4n) is 3.58. The van der Waals surface area contributed by atoms with E-state index in [9.17, 15) is 40.5 Å². The Labute approximate surface area is 177 Å². The van der Waals surface area contributed by atoms with Gasteiger partial charge in [0.05, 0.1) is 19.3 Å². The van der Waals surface area contributed by atoms with Crippen LogP contribution in [0.2, 0.25) is 0 Å². The minimum Gasteiger partial charge on any atom is -0.394 e. The first-order valence-corrected chi connectivity index (χ1v) is 9.72. The molecule has 1 aromatic carbocycles. The molecular weight excluding hydrogens is 418 g/mol. The molecule has 0 bridgehead atoms. The summed E-state index contributed by atoms with van der Waals surface area (Å²) in [6.07, 6.45) is -14.0. The second-order valence-corrected chi connectivity index (χ2v) is 7.40. The Balaban J connectivity index is 1.78. The molecule has 0 aromatic heterocycles. The predicted molar refractivity (Wildman–Crippen MR) is 100 cm³/mol. The lowest BCUT2D eigenvalue weighted by Gasteiger charge is -2.46. The Bertz CT molecular complexity index is 720. The summed E-state index contributed by atoms with van der Waals surface area (Å²) in [5.41, 5.74) is 0.264. The molecule has 0 spiro atoms. The molecule has 1 amide bonds. The predicted octanol–water partition coefficient (Wildman–Crippen LogP) is -3.96. The third kappa shape index (κ3) is 5.04. The van der Waals surface area contributed by atoms with Crippen molar-refractivity contribution in [2.45, 2.75) is 61.3 Å². The molecule has 10 atom stereocenters. The molecule has 2 saturated heterocycles. The third-order valence-electron chi connectivity index (χ3n) is 5.35. The largest absolute Gasteiger partial charge is 0.394 e. The lowest BCUT2D eigenvalue weighted by Crippen LogP contribution is -2.67. The number of aliphatic hydroxyl groups excluding tert-OH is 7. The van der Waals surface area contributed by atoms with E-state index in [-0.39, 0.29) is 5.56 Å². The third-order valence-corrected chi connectivity index (χ3v) is 5.35. The van der Waals surface area contributed by atoms with Crippen molar-refractivity contribution in [1.29, 1.82) is 0 Å². The summed E-state index contributed by atoms with van der Waals surface area (Å²) >= 11 is 0. The summed E-state index contributed by atoms with van der Waals surface area (Å²) in [5, 5.41) is 72.3. The Kier molecular flexibility index (Phi) is 7.93. The summed E-state index contributed by atoms with van der Waals surface area (Å²) in [7, 11) is 0. The van der Waals surface area contributed by atoms with Crippen LogP contribution in [0.15, 0.2) is 30.3 Å². The first-order chi connectivity index (χ1) is 14.8. The molecule has 0 radical (unpaired) electrons. The highest BCUT2D eigenvalue weighted by Crippen LogP contribution is 2.28. The zero-order valence-electron chi connectivity index (χ0n) is 16.3. The fourth-order valence-corrected chi connectivity index (χ4v) is 3.58. The molecular formula is C19H27NO11. The van der Waals surface area contributed by atoms with Gasteiger partial charge in [-0.1, -0.05) is 18.2 Å². The number of amides is 1. The zero-order valence-corrected chi connectivity index (χ0v) is 16.3. The van der Waals surface area contributed by atoms with Crippen LogP contribution in [-0.4, -0.2) is 116 Å². The highest BCUT2D eigenvalue weighted by molar-refractivity contribution is 5.94. The van der Waals surface area contributed by atoms with Gasteiger partial charge in [-0.05, 0) is 12.1 Å². The molecule has 12 nitrogen and oxygen atoms in total. The van der Waals surface area contributed by atoms with Crippen LogP contribution in [0.25, 0.3) is 0 Å². The van der Waals surface area contributed by atoms with Crippen LogP contribution < -0.4 is 5.32 Å². The maximum absolute atomic E-state index is 12.5. The van der Waals surface area contributed by atoms with Gasteiger partial charge in [-0.3, -0.25) is 4.79 Å². The molecule has 0 aliphatic carbocycles. The van der Waals surface area contributed by atoms with Crippen LogP contribution in [0.3, 0.4) is 0 Å². The molecule has 1 aromatic rings. The Morgan fingerprint density at radius 2 is 1.52 bits per heavy atom. The van der Waals surface area contributed by atoms with Crippen molar-refractivity contribution < 1.29 is 54.8 Å². The van der Waals surface area contributed by atoms with Gasteiger partial charge in [-0.2, -0.15) is 0 Å². The van der Waals surface area contributed by atoms with Crippen molar-refractivity contribution in [2.75, 3.05) is 13.2 Å². The summed E-state index contributed by atoms with van der Waals surface area (Å²) in [4.78, 5) is 12.5. The lowest BCUT2D eigenvalue weighted by molar-refractivity contribution is -0.346. The Hall–Kier alpha value is -1.71. The number of hydrogen-bond donors (Lipinski definition) is 8. The van der Waals surface area contributed by atoms with Crippen molar-refractivity contribution in [3.8, 4) is 0 Å². The summed E-state index contributed by atoms with van der Waals surface area (Å²) in [5.74, 6) is -0.603. The topological polar surface area (TPSA) is 198 Å². The average Bonchev–Trinajstić information content (AvgIpc) is 2.78. The molecule has 2 fully saturated rings. The zero-order chi connectivity index (χ0) is 22.7. The highest BCUT2D eigenvalue weighted by Gasteiger charge is 2.50. The average molecular weight is 445 g/mol. The number of rotatable bonds is 6. The molecule has 8 N–H and O–H groups in total. The first kappa shape index (κ1) is 23.9. The normalized spacial score (nSPS) is 41.0. The summed E-state index contributed by atoms with van der Waals surface area (Å²) in [6, 6.07) is 6.70. The quantitative estimate of drug-likeness (QED) is 0.213. The van der Waals surface area contributed by atoms with Crippen molar-refractivity contribution >= 4 is 5.91 Å². The van der Waals surface area contributed by atoms with Crippen LogP contribution in [0.5, 0.6) is 0 Å². The van der Waals surface area contributed by atoms with Crippen molar-refractivity contribution in [3.05, 3.63) is 35.9 Å². The van der Waals surface area contributed by atoms with Gasteiger partial charge in [0.1, 0.15) is 42.7 Å². The van der Waals surface area contributed by atoms with Gasteiger partial charge in [0.2, 0.25) is 0 Å². The SMILES string of the molecule is O=C(N[C@H]1[C@@H](O)[C@@H](CO)O[C@@H](O[C@H]2[C@H](O)[C@@H](O)[C@H](O)O[C@@H]2CO)[C@@H]1O)c1ccccc1. The standard InChI is InChI=1S/C19H27NO11/c21-6-9-12(23)11(20-17(27)8-4-2-1-3-5-8)13(24)19(30-9)31-16-10(7-22)29-18(28)15(26)14(16)25/h1-5,9-16,18-19,21-26,28H,6-7H2,(H,20,27)/t9-,10-,11+,12+,13-,14-,15-,16-,18-,19+/m1/s1. The molecule has 3 rings (SSSR count). The number of nitrogens with one attached hydrogen (secondary N) is 1. The smallest absolute Gasteiger partial charge is 0.251 e. The lowest BCUT2D eigenvalue weighted by atomic mass is 9.95. The molecule has 2 aliphatic rings. The second-order valence-electron chi connectivity index (χ2n) is 7.40. The number of ether oxygens (including phenoxy) is 3. The highest BCUT2D eigenvalue weighted by atomic mass is 16.7. The number of carbonyl (C=O) groups is 1. The van der Waals surface area contributed by atoms with Crippen molar-refractivity contribution in [1.82, 2.24) is 5.32 Å². The minimum atomic E-state index is -1.77. The summed E-state index contributed by atoms with van der Waals surface area (Å²) in [6.45, 7) is -1.38. The van der Waals surface area contributed by atoms with Crippen LogP contribution in [0, 0.1) is 0 Å². The van der Waals surface area contributed by atoms with Crippen molar-refractivity contribution in [3.63, 3.8) is 0 Å². The van der Waals surface area contributed by atoms with E-state index >= 15 is 0 Å². The molecule has 2 heterocycles. The van der Waals surface area contributed by atoms with Crippen molar-refractivity contribution in [2.24, 2.45) is 0 Å². The van der Waals surface area contributed by atoms with E-state index in [1.165, 1.54) is 12.1 Å².